The quantitative estimate of drug-likeness (QED) is 0.0667. The highest BCUT2D eigenvalue weighted by atomic mass is 32.2. The van der Waals surface area contributed by atoms with Gasteiger partial charge in [-0.05, 0) is 87.9 Å². The van der Waals surface area contributed by atoms with Crippen molar-refractivity contribution in [2.45, 2.75) is 109 Å². The van der Waals surface area contributed by atoms with E-state index < -0.39 is 42.1 Å². The number of carbonyl (C=O) groups excluding carboxylic acids is 3. The number of rotatable bonds is 19. The first-order chi connectivity index (χ1) is 25.7. The zero-order valence-corrected chi connectivity index (χ0v) is 32.9. The minimum atomic E-state index is -1.14. The first-order valence-corrected chi connectivity index (χ1v) is 19.9. The summed E-state index contributed by atoms with van der Waals surface area (Å²) in [6.45, 7) is 7.30. The van der Waals surface area contributed by atoms with Gasteiger partial charge in [0.05, 0.1) is 12.6 Å². The Bertz CT molecular complexity index is 1480. The summed E-state index contributed by atoms with van der Waals surface area (Å²) in [5.41, 5.74) is 6.39. The van der Waals surface area contributed by atoms with Gasteiger partial charge < -0.3 is 36.6 Å². The van der Waals surface area contributed by atoms with E-state index in [9.17, 15) is 33.9 Å². The van der Waals surface area contributed by atoms with Gasteiger partial charge in [0.15, 0.2) is 0 Å². The van der Waals surface area contributed by atoms with Gasteiger partial charge in [-0.3, -0.25) is 29.5 Å². The molecule has 55 heavy (non-hydrogen) atoms. The molecule has 5 atom stereocenters. The molecule has 0 unspecified atom stereocenters. The van der Waals surface area contributed by atoms with Crippen LogP contribution >= 0.6 is 11.8 Å². The molecule has 2 heterocycles. The largest absolute Gasteiger partial charge is 0.480 e. The third-order valence-corrected chi connectivity index (χ3v) is 10.9. The molecule has 308 valence electrons. The van der Waals surface area contributed by atoms with Crippen molar-refractivity contribution < 1.29 is 54.3 Å². The Morgan fingerprint density at radius 2 is 1.71 bits per heavy atom. The number of amides is 2. The van der Waals surface area contributed by atoms with Gasteiger partial charge in [0.1, 0.15) is 23.8 Å². The van der Waals surface area contributed by atoms with Gasteiger partial charge in [-0.1, -0.05) is 50.3 Å². The number of hydrogen-bond donors (Lipinski definition) is 6. The van der Waals surface area contributed by atoms with Gasteiger partial charge >= 0.3 is 23.9 Å². The van der Waals surface area contributed by atoms with Crippen LogP contribution in [-0.2, 0) is 39.9 Å². The van der Waals surface area contributed by atoms with E-state index in [4.69, 9.17) is 20.7 Å². The highest BCUT2D eigenvalue weighted by Crippen LogP contribution is 2.51. The van der Waals surface area contributed by atoms with Crippen molar-refractivity contribution in [2.75, 3.05) is 31.2 Å². The van der Waals surface area contributed by atoms with E-state index >= 15 is 0 Å². The maximum atomic E-state index is 13.3. The third-order valence-electron chi connectivity index (χ3n) is 9.77. The summed E-state index contributed by atoms with van der Waals surface area (Å²) in [7, 11) is 0. The van der Waals surface area contributed by atoms with Crippen molar-refractivity contribution in [3.63, 3.8) is 0 Å². The summed E-state index contributed by atoms with van der Waals surface area (Å²) < 4.78 is 5.24. The summed E-state index contributed by atoms with van der Waals surface area (Å²) in [6, 6.07) is 6.91. The Hall–Kier alpha value is -4.03. The van der Waals surface area contributed by atoms with Crippen LogP contribution in [-0.4, -0.2) is 122 Å². The van der Waals surface area contributed by atoms with E-state index in [1.807, 2.05) is 49.2 Å². The number of unbranched alkanes of at least 4 members (excludes halogenated alkanes) is 2. The normalized spacial score (nSPS) is 21.6. The van der Waals surface area contributed by atoms with Crippen molar-refractivity contribution in [1.82, 2.24) is 20.7 Å². The second-order valence-electron chi connectivity index (χ2n) is 14.5. The van der Waals surface area contributed by atoms with Crippen LogP contribution in [0.4, 0.5) is 0 Å². The molecule has 1 saturated carbocycles. The first kappa shape index (κ1) is 47.1. The van der Waals surface area contributed by atoms with E-state index in [-0.39, 0.29) is 46.9 Å². The van der Waals surface area contributed by atoms with Crippen molar-refractivity contribution in [3.05, 3.63) is 47.7 Å². The Morgan fingerprint density at radius 1 is 1.05 bits per heavy atom. The number of hydrogen-bond acceptors (Lipinski definition) is 11. The molecule has 0 aromatic heterocycles. The third kappa shape index (κ3) is 15.2. The number of aliphatic carboxylic acids is 3. The highest BCUT2D eigenvalue weighted by Gasteiger charge is 2.50. The van der Waals surface area contributed by atoms with Crippen molar-refractivity contribution in [3.8, 4) is 0 Å². The minimum absolute atomic E-state index is 0. The summed E-state index contributed by atoms with van der Waals surface area (Å²) in [4.78, 5) is 71.3. The molecule has 9 N–H and O–H groups in total. The molecule has 16 nitrogen and oxygen atoms in total. The fraction of sp³-hybridized carbons (Fsp3) is 0.632. The fourth-order valence-electron chi connectivity index (χ4n) is 6.46. The maximum absolute atomic E-state index is 13.3. The average Bonchev–Trinajstić information content (AvgIpc) is 3.82. The van der Waals surface area contributed by atoms with Crippen LogP contribution in [0.5, 0.6) is 0 Å². The average molecular weight is 794 g/mol. The summed E-state index contributed by atoms with van der Waals surface area (Å²) in [5.74, 6) is -3.00. The molecule has 0 bridgehead atoms. The van der Waals surface area contributed by atoms with Crippen LogP contribution in [0.15, 0.2) is 42.1 Å². The first-order valence-electron chi connectivity index (χ1n) is 18.7. The molecule has 1 aromatic carbocycles. The van der Waals surface area contributed by atoms with Crippen LogP contribution in [0, 0.1) is 11.3 Å². The predicted octanol–water partition coefficient (Wildman–Crippen LogP) is 2.20. The van der Waals surface area contributed by atoms with Gasteiger partial charge in [-0.25, -0.2) is 14.6 Å². The number of allylic oxidation sites excluding steroid dienone is 1. The second kappa shape index (κ2) is 23.1. The van der Waals surface area contributed by atoms with Crippen LogP contribution in [0.1, 0.15) is 84.1 Å². The van der Waals surface area contributed by atoms with Crippen molar-refractivity contribution in [1.29, 1.82) is 0 Å². The lowest BCUT2D eigenvalue weighted by Crippen LogP contribution is -2.61. The standard InChI is InChI=1S/C22H31N3O5.C16H26N2O5S.H2O/c1-2-30-22(29)18(13-12-16-8-4-3-5-9-16)23-17-10-6-14-24-15-7-11-19(21(27)28)25(24)20(17)26;1-16(2)8-10(16)13(19)18-12(15(22)23)6-4-3-5-7-24-9-11(17)14(20)21;/h3-5,8-9,17-19,23H,2,6-7,10-15H2,1H3,(H,27,28);6,10-11H,3-5,7-9,17H2,1-2H3,(H,18,19)(H,20,21)(H,22,23);1H2/b;12-6-;/t17-,18-,19-;10-,11+;/m01./s1. The number of esters is 1. The zero-order chi connectivity index (χ0) is 39.8. The molecule has 4 rings (SSSR count). The molecule has 0 radical (unpaired) electrons. The van der Waals surface area contributed by atoms with Crippen LogP contribution < -0.4 is 16.4 Å². The zero-order valence-electron chi connectivity index (χ0n) is 32.0. The number of nitrogens with one attached hydrogen (secondary N) is 2. The number of carboxylic acids is 3. The molecular weight excluding hydrogens is 735 g/mol. The number of ether oxygens (including phenoxy) is 1. The van der Waals surface area contributed by atoms with Crippen LogP contribution in [0.3, 0.4) is 0 Å². The highest BCUT2D eigenvalue weighted by molar-refractivity contribution is 7.99. The maximum Gasteiger partial charge on any atom is 0.352 e. The van der Waals surface area contributed by atoms with Gasteiger partial charge in [0, 0.05) is 24.8 Å². The lowest BCUT2D eigenvalue weighted by atomic mass is 10.0. The van der Waals surface area contributed by atoms with Gasteiger partial charge in [-0.2, -0.15) is 11.8 Å². The Morgan fingerprint density at radius 3 is 2.29 bits per heavy atom. The number of carbonyl (C=O) groups is 6. The topological polar surface area (TPSA) is 260 Å². The van der Waals surface area contributed by atoms with Gasteiger partial charge in [-0.15, -0.1) is 0 Å². The number of fused-ring (bicyclic) bond motifs is 1. The molecule has 3 aliphatic rings. The van der Waals surface area contributed by atoms with Gasteiger partial charge in [0.2, 0.25) is 5.91 Å². The van der Waals surface area contributed by atoms with Gasteiger partial charge in [0.25, 0.3) is 5.91 Å². The summed E-state index contributed by atoms with van der Waals surface area (Å²) in [6.07, 6.45) is 8.11. The number of hydrazine groups is 1. The van der Waals surface area contributed by atoms with E-state index in [1.165, 1.54) is 22.8 Å². The molecule has 17 heteroatoms. The molecule has 2 aliphatic heterocycles. The number of nitrogens with zero attached hydrogens (tertiary/aromatic N) is 2. The minimum Gasteiger partial charge on any atom is -0.480 e. The van der Waals surface area contributed by atoms with E-state index in [2.05, 4.69) is 10.6 Å². The van der Waals surface area contributed by atoms with Crippen molar-refractivity contribution in [2.24, 2.45) is 17.1 Å². The fourth-order valence-corrected chi connectivity index (χ4v) is 7.44. The molecule has 1 aliphatic carbocycles. The number of benzene rings is 1. The summed E-state index contributed by atoms with van der Waals surface area (Å²) >= 11 is 1.46. The van der Waals surface area contributed by atoms with E-state index in [0.717, 1.165) is 43.4 Å². The predicted molar refractivity (Wildman–Crippen MR) is 207 cm³/mol. The molecule has 3 fully saturated rings. The Balaban J connectivity index is 0.000000383. The Kier molecular flexibility index (Phi) is 19.8. The van der Waals surface area contributed by atoms with Crippen LogP contribution in [0.2, 0.25) is 0 Å². The molecule has 1 aromatic rings. The molecule has 2 amide bonds. The second-order valence-corrected chi connectivity index (χ2v) is 15.6. The lowest BCUT2D eigenvalue weighted by Gasteiger charge is -2.42. The number of aryl methyl sites for hydroxylation is 1. The lowest BCUT2D eigenvalue weighted by molar-refractivity contribution is -0.174. The van der Waals surface area contributed by atoms with Crippen molar-refractivity contribution >= 4 is 47.5 Å². The summed E-state index contributed by atoms with van der Waals surface area (Å²) in [5, 5.41) is 36.4. The molecular formula is C38H59N5O11S. The molecule has 0 spiro atoms. The monoisotopic (exact) mass is 793 g/mol. The number of carboxylic acid groups (broad SMARTS) is 3. The SMILES string of the molecule is CC1(C)C[C@@H]1C(=O)N/C(=C\CCCCSC[C@H](N)C(=O)O)C(=O)O.CCOC(=O)[C@H](CCc1ccccc1)N[C@H]1CCCN2CCC[C@@H](C(=O)O)N2C1=O.O. The Labute approximate surface area is 326 Å². The molecule has 2 saturated heterocycles. The van der Waals surface area contributed by atoms with E-state index in [1.54, 1.807) is 6.92 Å². The number of nitrogens with two attached hydrogens (primary N) is 1. The van der Waals surface area contributed by atoms with Crippen LogP contribution in [0.25, 0.3) is 0 Å². The smallest absolute Gasteiger partial charge is 0.352 e. The van der Waals surface area contributed by atoms with E-state index in [0.29, 0.717) is 50.9 Å². The number of thioether (sulfide) groups is 1.